The Morgan fingerprint density at radius 3 is 2.68 bits per heavy atom. The molecule has 0 spiro atoms. The van der Waals surface area contributed by atoms with E-state index in [-0.39, 0.29) is 5.91 Å². The largest absolute Gasteiger partial charge is 0.355 e. The SMILES string of the molecule is Cc1nc2ccc(N(C)C(=O)c3ccc(N4CCCC4)nn3)cc2s1. The molecule has 25 heavy (non-hydrogen) atoms. The Morgan fingerprint density at radius 1 is 1.16 bits per heavy atom. The molecule has 1 aliphatic heterocycles. The van der Waals surface area contributed by atoms with E-state index in [4.69, 9.17) is 0 Å². The third-order valence-electron chi connectivity index (χ3n) is 4.47. The van der Waals surface area contributed by atoms with Gasteiger partial charge in [-0.05, 0) is 50.1 Å². The zero-order valence-electron chi connectivity index (χ0n) is 14.3. The lowest BCUT2D eigenvalue weighted by atomic mass is 10.2. The summed E-state index contributed by atoms with van der Waals surface area (Å²) in [6.45, 7) is 4.00. The number of amides is 1. The molecule has 6 nitrogen and oxygen atoms in total. The summed E-state index contributed by atoms with van der Waals surface area (Å²) in [5.74, 6) is 0.680. The maximum Gasteiger partial charge on any atom is 0.278 e. The summed E-state index contributed by atoms with van der Waals surface area (Å²) >= 11 is 1.62. The Labute approximate surface area is 150 Å². The minimum absolute atomic E-state index is 0.166. The lowest BCUT2D eigenvalue weighted by Crippen LogP contribution is -2.28. The highest BCUT2D eigenvalue weighted by atomic mass is 32.1. The molecular formula is C18H19N5OS. The molecule has 3 heterocycles. The quantitative estimate of drug-likeness (QED) is 0.723. The Bertz CT molecular complexity index is 915. The summed E-state index contributed by atoms with van der Waals surface area (Å²) in [7, 11) is 1.76. The summed E-state index contributed by atoms with van der Waals surface area (Å²) in [6, 6.07) is 9.49. The molecule has 0 radical (unpaired) electrons. The molecule has 2 aromatic heterocycles. The van der Waals surface area contributed by atoms with Crippen molar-refractivity contribution in [2.75, 3.05) is 29.9 Å². The minimum atomic E-state index is -0.166. The predicted molar refractivity (Wildman–Crippen MR) is 101 cm³/mol. The van der Waals surface area contributed by atoms with Crippen LogP contribution in [0.2, 0.25) is 0 Å². The van der Waals surface area contributed by atoms with Gasteiger partial charge in [0.2, 0.25) is 0 Å². The van der Waals surface area contributed by atoms with Crippen molar-refractivity contribution in [2.24, 2.45) is 0 Å². The Balaban J connectivity index is 1.55. The fourth-order valence-corrected chi connectivity index (χ4v) is 3.94. The van der Waals surface area contributed by atoms with E-state index in [1.165, 1.54) is 12.8 Å². The number of carbonyl (C=O) groups excluding carboxylic acids is 1. The van der Waals surface area contributed by atoms with Gasteiger partial charge >= 0.3 is 0 Å². The van der Waals surface area contributed by atoms with Crippen molar-refractivity contribution in [1.82, 2.24) is 15.2 Å². The van der Waals surface area contributed by atoms with Crippen molar-refractivity contribution in [3.8, 4) is 0 Å². The van der Waals surface area contributed by atoms with E-state index >= 15 is 0 Å². The number of hydrogen-bond acceptors (Lipinski definition) is 6. The van der Waals surface area contributed by atoms with Crippen molar-refractivity contribution in [3.63, 3.8) is 0 Å². The van der Waals surface area contributed by atoms with Crippen LogP contribution in [0, 0.1) is 6.92 Å². The van der Waals surface area contributed by atoms with E-state index in [9.17, 15) is 4.79 Å². The minimum Gasteiger partial charge on any atom is -0.355 e. The number of rotatable bonds is 3. The third-order valence-corrected chi connectivity index (χ3v) is 5.40. The molecule has 1 fully saturated rings. The van der Waals surface area contributed by atoms with Crippen LogP contribution in [0.1, 0.15) is 28.3 Å². The molecule has 0 aliphatic carbocycles. The van der Waals surface area contributed by atoms with Gasteiger partial charge in [0.15, 0.2) is 11.5 Å². The van der Waals surface area contributed by atoms with E-state index in [2.05, 4.69) is 20.1 Å². The molecule has 4 rings (SSSR count). The van der Waals surface area contributed by atoms with Crippen molar-refractivity contribution >= 4 is 39.0 Å². The predicted octanol–water partition coefficient (Wildman–Crippen LogP) is 3.27. The maximum absolute atomic E-state index is 12.7. The molecule has 0 bridgehead atoms. The Hall–Kier alpha value is -2.54. The smallest absolute Gasteiger partial charge is 0.278 e. The van der Waals surface area contributed by atoms with E-state index in [1.807, 2.05) is 31.2 Å². The van der Waals surface area contributed by atoms with E-state index in [0.29, 0.717) is 5.69 Å². The van der Waals surface area contributed by atoms with Crippen LogP contribution < -0.4 is 9.80 Å². The first kappa shape index (κ1) is 16.0. The maximum atomic E-state index is 12.7. The number of benzene rings is 1. The number of aryl methyl sites for hydroxylation is 1. The lowest BCUT2D eigenvalue weighted by Gasteiger charge is -2.18. The summed E-state index contributed by atoms with van der Waals surface area (Å²) in [6.07, 6.45) is 2.37. The van der Waals surface area contributed by atoms with Crippen LogP contribution in [-0.4, -0.2) is 41.2 Å². The van der Waals surface area contributed by atoms with Gasteiger partial charge < -0.3 is 9.80 Å². The van der Waals surface area contributed by atoms with Gasteiger partial charge in [0.1, 0.15) is 0 Å². The van der Waals surface area contributed by atoms with E-state index in [0.717, 1.165) is 39.8 Å². The van der Waals surface area contributed by atoms with Crippen molar-refractivity contribution < 1.29 is 4.79 Å². The summed E-state index contributed by atoms with van der Waals surface area (Å²) in [4.78, 5) is 21.0. The molecule has 1 amide bonds. The number of hydrogen-bond donors (Lipinski definition) is 0. The normalized spacial score (nSPS) is 14.2. The van der Waals surface area contributed by atoms with Crippen LogP contribution in [0.4, 0.5) is 11.5 Å². The molecule has 0 saturated carbocycles. The first-order chi connectivity index (χ1) is 12.1. The van der Waals surface area contributed by atoms with Gasteiger partial charge in [-0.2, -0.15) is 0 Å². The van der Waals surface area contributed by atoms with Gasteiger partial charge in [-0.15, -0.1) is 21.5 Å². The van der Waals surface area contributed by atoms with Crippen molar-refractivity contribution in [1.29, 1.82) is 0 Å². The second-order valence-corrected chi connectivity index (χ2v) is 7.45. The van der Waals surface area contributed by atoms with Gasteiger partial charge in [0, 0.05) is 25.8 Å². The third kappa shape index (κ3) is 3.07. The van der Waals surface area contributed by atoms with Crippen LogP contribution in [0.5, 0.6) is 0 Å². The summed E-state index contributed by atoms with van der Waals surface area (Å²) in [5.41, 5.74) is 2.14. The van der Waals surface area contributed by atoms with Gasteiger partial charge in [-0.1, -0.05) is 0 Å². The molecule has 0 N–H and O–H groups in total. The summed E-state index contributed by atoms with van der Waals surface area (Å²) < 4.78 is 1.07. The molecule has 7 heteroatoms. The van der Waals surface area contributed by atoms with Crippen molar-refractivity contribution in [2.45, 2.75) is 19.8 Å². The topological polar surface area (TPSA) is 62.2 Å². The summed E-state index contributed by atoms with van der Waals surface area (Å²) in [5, 5.41) is 9.39. The highest BCUT2D eigenvalue weighted by Gasteiger charge is 2.18. The first-order valence-electron chi connectivity index (χ1n) is 8.36. The van der Waals surface area contributed by atoms with E-state index in [1.54, 1.807) is 29.4 Å². The van der Waals surface area contributed by atoms with Crippen molar-refractivity contribution in [3.05, 3.63) is 41.0 Å². The number of fused-ring (bicyclic) bond motifs is 1. The zero-order valence-corrected chi connectivity index (χ0v) is 15.1. The van der Waals surface area contributed by atoms with Crippen LogP contribution in [0.3, 0.4) is 0 Å². The average molecular weight is 353 g/mol. The number of nitrogens with zero attached hydrogens (tertiary/aromatic N) is 5. The van der Waals surface area contributed by atoms with Crippen LogP contribution in [-0.2, 0) is 0 Å². The van der Waals surface area contributed by atoms with Gasteiger partial charge in [0.05, 0.1) is 15.2 Å². The number of anilines is 2. The number of thiazole rings is 1. The van der Waals surface area contributed by atoms with Gasteiger partial charge in [-0.3, -0.25) is 4.79 Å². The van der Waals surface area contributed by atoms with Crippen LogP contribution >= 0.6 is 11.3 Å². The molecule has 1 aliphatic rings. The molecule has 1 saturated heterocycles. The second-order valence-electron chi connectivity index (χ2n) is 6.22. The van der Waals surface area contributed by atoms with Gasteiger partial charge in [-0.25, -0.2) is 4.98 Å². The first-order valence-corrected chi connectivity index (χ1v) is 9.17. The highest BCUT2D eigenvalue weighted by molar-refractivity contribution is 7.18. The molecule has 1 aromatic carbocycles. The van der Waals surface area contributed by atoms with Crippen LogP contribution in [0.15, 0.2) is 30.3 Å². The molecular weight excluding hydrogens is 334 g/mol. The average Bonchev–Trinajstić information content (AvgIpc) is 3.28. The highest BCUT2D eigenvalue weighted by Crippen LogP contribution is 2.27. The van der Waals surface area contributed by atoms with Crippen LogP contribution in [0.25, 0.3) is 10.2 Å². The lowest BCUT2D eigenvalue weighted by molar-refractivity contribution is 0.0987. The van der Waals surface area contributed by atoms with E-state index < -0.39 is 0 Å². The fraction of sp³-hybridized carbons (Fsp3) is 0.333. The molecule has 0 unspecified atom stereocenters. The fourth-order valence-electron chi connectivity index (χ4n) is 3.08. The molecule has 128 valence electrons. The van der Waals surface area contributed by atoms with Gasteiger partial charge in [0.25, 0.3) is 5.91 Å². The Kier molecular flexibility index (Phi) is 4.09. The monoisotopic (exact) mass is 353 g/mol. The number of carbonyl (C=O) groups is 1. The zero-order chi connectivity index (χ0) is 17.4. The Morgan fingerprint density at radius 2 is 1.96 bits per heavy atom. The number of aromatic nitrogens is 3. The molecule has 0 atom stereocenters. The second kappa shape index (κ2) is 6.40. The standard InChI is InChI=1S/C18H19N5OS/c1-12-19-14-6-5-13(11-16(14)25-12)22(2)18(24)15-7-8-17(21-20-15)23-9-3-4-10-23/h5-8,11H,3-4,9-10H2,1-2H3. The molecule has 3 aromatic rings.